The number of nitrogens with zero attached hydrogens (tertiary/aromatic N) is 1. The fourth-order valence-electron chi connectivity index (χ4n) is 2.26. The summed E-state index contributed by atoms with van der Waals surface area (Å²) in [7, 11) is 0. The zero-order valence-electron chi connectivity index (χ0n) is 10.9. The monoisotopic (exact) mass is 282 g/mol. The number of piperidine rings is 1. The first-order chi connectivity index (χ1) is 8.92. The number of nitrogens with one attached hydrogen (secondary N) is 1. The Morgan fingerprint density at radius 2 is 2.11 bits per heavy atom. The van der Waals surface area contributed by atoms with E-state index in [0.29, 0.717) is 11.3 Å². The van der Waals surface area contributed by atoms with Crippen LogP contribution in [0.3, 0.4) is 0 Å². The van der Waals surface area contributed by atoms with E-state index in [4.69, 9.17) is 5.11 Å². The van der Waals surface area contributed by atoms with Crippen molar-refractivity contribution in [2.75, 3.05) is 26.2 Å². The van der Waals surface area contributed by atoms with Crippen LogP contribution in [-0.2, 0) is 4.79 Å². The van der Waals surface area contributed by atoms with E-state index in [1.54, 1.807) is 0 Å². The standard InChI is InChI=1S/C12H21F3N2O2/c13-12(14,15)9-17(7-8-18)11(19)5-4-10-3-1-2-6-16-10/h10,16,18H,1-9H2. The highest BCUT2D eigenvalue weighted by molar-refractivity contribution is 5.76. The molecule has 0 aromatic rings. The van der Waals surface area contributed by atoms with E-state index < -0.39 is 25.2 Å². The molecular weight excluding hydrogens is 261 g/mol. The van der Waals surface area contributed by atoms with Gasteiger partial charge in [-0.1, -0.05) is 6.42 Å². The molecule has 1 amide bonds. The van der Waals surface area contributed by atoms with Crippen LogP contribution in [0, 0.1) is 0 Å². The molecule has 0 spiro atoms. The van der Waals surface area contributed by atoms with Crippen LogP contribution in [0.2, 0.25) is 0 Å². The summed E-state index contributed by atoms with van der Waals surface area (Å²) >= 11 is 0. The summed E-state index contributed by atoms with van der Waals surface area (Å²) in [6.07, 6.45) is -0.614. The maximum absolute atomic E-state index is 12.3. The molecule has 1 unspecified atom stereocenters. The van der Waals surface area contributed by atoms with Gasteiger partial charge in [0.25, 0.3) is 0 Å². The van der Waals surface area contributed by atoms with Crippen molar-refractivity contribution >= 4 is 5.91 Å². The first-order valence-corrected chi connectivity index (χ1v) is 6.61. The van der Waals surface area contributed by atoms with E-state index in [9.17, 15) is 18.0 Å². The molecule has 0 aromatic carbocycles. The molecule has 4 nitrogen and oxygen atoms in total. The molecule has 0 saturated carbocycles. The molecule has 1 rings (SSSR count). The molecule has 19 heavy (non-hydrogen) atoms. The molecule has 0 radical (unpaired) electrons. The summed E-state index contributed by atoms with van der Waals surface area (Å²) in [6.45, 7) is -1.10. The van der Waals surface area contributed by atoms with E-state index in [1.165, 1.54) is 0 Å². The van der Waals surface area contributed by atoms with Crippen LogP contribution in [0.25, 0.3) is 0 Å². The number of hydrogen-bond donors (Lipinski definition) is 2. The zero-order chi connectivity index (χ0) is 14.3. The second kappa shape index (κ2) is 7.69. The number of carbonyl (C=O) groups excluding carboxylic acids is 1. The van der Waals surface area contributed by atoms with Crippen LogP contribution in [0.4, 0.5) is 13.2 Å². The van der Waals surface area contributed by atoms with Gasteiger partial charge in [0.2, 0.25) is 5.91 Å². The predicted octanol–water partition coefficient (Wildman–Crippen LogP) is 1.29. The van der Waals surface area contributed by atoms with Crippen LogP contribution < -0.4 is 5.32 Å². The molecule has 1 atom stereocenters. The third kappa shape index (κ3) is 6.77. The minimum Gasteiger partial charge on any atom is -0.395 e. The van der Waals surface area contributed by atoms with Gasteiger partial charge in [0.1, 0.15) is 6.54 Å². The summed E-state index contributed by atoms with van der Waals surface area (Å²) in [6, 6.07) is 0.222. The lowest BCUT2D eigenvalue weighted by Gasteiger charge is -2.26. The molecule has 2 N–H and O–H groups in total. The Labute approximate surface area is 111 Å². The van der Waals surface area contributed by atoms with E-state index in [1.807, 2.05) is 0 Å². The summed E-state index contributed by atoms with van der Waals surface area (Å²) in [5.41, 5.74) is 0. The van der Waals surface area contributed by atoms with Crippen molar-refractivity contribution < 1.29 is 23.1 Å². The molecule has 1 fully saturated rings. The Morgan fingerprint density at radius 3 is 2.63 bits per heavy atom. The number of aliphatic hydroxyl groups is 1. The van der Waals surface area contributed by atoms with Gasteiger partial charge in [-0.25, -0.2) is 0 Å². The largest absolute Gasteiger partial charge is 0.406 e. The Bertz CT molecular complexity index is 279. The van der Waals surface area contributed by atoms with Gasteiger partial charge in [0.05, 0.1) is 6.61 Å². The molecule has 0 bridgehead atoms. The molecular formula is C12H21F3N2O2. The summed E-state index contributed by atoms with van der Waals surface area (Å²) in [4.78, 5) is 12.4. The minimum absolute atomic E-state index is 0.0910. The number of rotatable bonds is 6. The van der Waals surface area contributed by atoms with Crippen LogP contribution in [0.1, 0.15) is 32.1 Å². The molecule has 1 aliphatic rings. The molecule has 1 aliphatic heterocycles. The predicted molar refractivity (Wildman–Crippen MR) is 64.6 cm³/mol. The van der Waals surface area contributed by atoms with E-state index in [2.05, 4.69) is 5.32 Å². The lowest BCUT2D eigenvalue weighted by molar-refractivity contribution is -0.162. The molecule has 1 heterocycles. The van der Waals surface area contributed by atoms with Crippen LogP contribution in [0.5, 0.6) is 0 Å². The first-order valence-electron chi connectivity index (χ1n) is 6.61. The van der Waals surface area contributed by atoms with Crippen LogP contribution in [0.15, 0.2) is 0 Å². The van der Waals surface area contributed by atoms with Gasteiger partial charge in [-0.05, 0) is 25.8 Å². The van der Waals surface area contributed by atoms with Crippen molar-refractivity contribution in [3.63, 3.8) is 0 Å². The number of carbonyl (C=O) groups is 1. The quantitative estimate of drug-likeness (QED) is 0.772. The molecule has 112 valence electrons. The second-order valence-electron chi connectivity index (χ2n) is 4.84. The van der Waals surface area contributed by atoms with Gasteiger partial charge in [-0.15, -0.1) is 0 Å². The topological polar surface area (TPSA) is 52.6 Å². The fraction of sp³-hybridized carbons (Fsp3) is 0.917. The Morgan fingerprint density at radius 1 is 1.37 bits per heavy atom. The summed E-state index contributed by atoms with van der Waals surface area (Å²) in [5.74, 6) is -0.543. The maximum Gasteiger partial charge on any atom is 0.406 e. The smallest absolute Gasteiger partial charge is 0.395 e. The first kappa shape index (κ1) is 16.2. The normalized spacial score (nSPS) is 20.3. The van der Waals surface area contributed by atoms with Gasteiger partial charge >= 0.3 is 6.18 Å². The lowest BCUT2D eigenvalue weighted by Crippen LogP contribution is -2.41. The van der Waals surface area contributed by atoms with Crippen molar-refractivity contribution in [2.45, 2.75) is 44.3 Å². The van der Waals surface area contributed by atoms with Crippen molar-refractivity contribution in [1.82, 2.24) is 10.2 Å². The zero-order valence-corrected chi connectivity index (χ0v) is 10.9. The molecule has 7 heteroatoms. The third-order valence-electron chi connectivity index (χ3n) is 3.21. The van der Waals surface area contributed by atoms with Gasteiger partial charge in [0.15, 0.2) is 0 Å². The minimum atomic E-state index is -4.42. The van der Waals surface area contributed by atoms with Gasteiger partial charge in [-0.3, -0.25) is 4.79 Å². The third-order valence-corrected chi connectivity index (χ3v) is 3.21. The van der Waals surface area contributed by atoms with E-state index in [0.717, 1.165) is 25.8 Å². The highest BCUT2D eigenvalue weighted by Crippen LogP contribution is 2.18. The second-order valence-corrected chi connectivity index (χ2v) is 4.84. The van der Waals surface area contributed by atoms with E-state index >= 15 is 0 Å². The van der Waals surface area contributed by atoms with Crippen molar-refractivity contribution in [1.29, 1.82) is 0 Å². The average Bonchev–Trinajstić information content (AvgIpc) is 2.35. The SMILES string of the molecule is O=C(CCC1CCCCN1)N(CCO)CC(F)(F)F. The number of alkyl halides is 3. The Kier molecular flexibility index (Phi) is 6.57. The summed E-state index contributed by atoms with van der Waals surface area (Å²) < 4.78 is 36.9. The highest BCUT2D eigenvalue weighted by atomic mass is 19.4. The lowest BCUT2D eigenvalue weighted by atomic mass is 10.0. The average molecular weight is 282 g/mol. The number of halogens is 3. The van der Waals surface area contributed by atoms with E-state index in [-0.39, 0.29) is 19.0 Å². The number of amides is 1. The van der Waals surface area contributed by atoms with Gasteiger partial charge in [-0.2, -0.15) is 13.2 Å². The summed E-state index contributed by atoms with van der Waals surface area (Å²) in [5, 5.41) is 12.0. The molecule has 0 aliphatic carbocycles. The molecule has 1 saturated heterocycles. The Balaban J connectivity index is 2.38. The maximum atomic E-state index is 12.3. The van der Waals surface area contributed by atoms with Crippen molar-refractivity contribution in [3.05, 3.63) is 0 Å². The van der Waals surface area contributed by atoms with Crippen molar-refractivity contribution in [2.24, 2.45) is 0 Å². The van der Waals surface area contributed by atoms with Gasteiger partial charge in [0, 0.05) is 19.0 Å². The highest BCUT2D eigenvalue weighted by Gasteiger charge is 2.32. The number of aliphatic hydroxyl groups excluding tert-OH is 1. The fourth-order valence-corrected chi connectivity index (χ4v) is 2.26. The Hall–Kier alpha value is -0.820. The number of hydrogen-bond acceptors (Lipinski definition) is 3. The van der Waals surface area contributed by atoms with Crippen LogP contribution >= 0.6 is 0 Å². The van der Waals surface area contributed by atoms with Crippen LogP contribution in [-0.4, -0.2) is 54.4 Å². The van der Waals surface area contributed by atoms with Gasteiger partial charge < -0.3 is 15.3 Å². The molecule has 0 aromatic heterocycles. The van der Waals surface area contributed by atoms with Crippen molar-refractivity contribution in [3.8, 4) is 0 Å².